The van der Waals surface area contributed by atoms with E-state index in [1.165, 1.54) is 5.56 Å². The number of fused-ring (bicyclic) bond motifs is 1. The van der Waals surface area contributed by atoms with Crippen LogP contribution in [0.5, 0.6) is 0 Å². The molecule has 4 nitrogen and oxygen atoms in total. The third kappa shape index (κ3) is 3.90. The number of unbranched alkanes of at least 4 members (excludes halogenated alkanes) is 1. The molecule has 1 aromatic carbocycles. The molecule has 23 heavy (non-hydrogen) atoms. The van der Waals surface area contributed by atoms with Crippen LogP contribution in [0.1, 0.15) is 44.6 Å². The Morgan fingerprint density at radius 2 is 2.35 bits per heavy atom. The second-order valence-corrected chi connectivity index (χ2v) is 7.22. The lowest BCUT2D eigenvalue weighted by Gasteiger charge is -2.23. The van der Waals surface area contributed by atoms with Crippen molar-refractivity contribution in [2.45, 2.75) is 52.1 Å². The van der Waals surface area contributed by atoms with Crippen LogP contribution >= 0.6 is 11.3 Å². The fourth-order valence-corrected chi connectivity index (χ4v) is 3.97. The molecular weight excluding hydrogens is 308 g/mol. The van der Waals surface area contributed by atoms with Gasteiger partial charge >= 0.3 is 0 Å². The molecule has 1 aromatic heterocycles. The summed E-state index contributed by atoms with van der Waals surface area (Å²) in [6, 6.07) is 6.23. The zero-order valence-corrected chi connectivity index (χ0v) is 14.7. The predicted octanol–water partition coefficient (Wildman–Crippen LogP) is 4.31. The van der Waals surface area contributed by atoms with Crippen molar-refractivity contribution in [3.05, 3.63) is 23.8 Å². The third-order valence-electron chi connectivity index (χ3n) is 4.22. The molecule has 0 N–H and O–H groups in total. The van der Waals surface area contributed by atoms with Crippen LogP contribution in [0.2, 0.25) is 0 Å². The number of carbonyl (C=O) groups is 1. The maximum Gasteiger partial charge on any atom is 0.228 e. The second kappa shape index (κ2) is 7.41. The number of carbonyl (C=O) groups excluding carboxylic acids is 1. The standard InChI is InChI=1S/C18H24N2O2S/c1-3-4-7-17(21)20(12-14-6-5-10-22-14)18-19-15-9-8-13(2)11-16(15)23-18/h8-9,11,14H,3-7,10,12H2,1-2H3. The Kier molecular flexibility index (Phi) is 5.28. The van der Waals surface area contributed by atoms with Crippen molar-refractivity contribution >= 4 is 32.6 Å². The summed E-state index contributed by atoms with van der Waals surface area (Å²) in [5.74, 6) is 0.165. The van der Waals surface area contributed by atoms with Gasteiger partial charge in [0.1, 0.15) is 0 Å². The van der Waals surface area contributed by atoms with E-state index in [1.54, 1.807) is 11.3 Å². The van der Waals surface area contributed by atoms with Crippen molar-refractivity contribution in [2.75, 3.05) is 18.1 Å². The lowest BCUT2D eigenvalue weighted by molar-refractivity contribution is -0.119. The van der Waals surface area contributed by atoms with Crippen LogP contribution in [0, 0.1) is 6.92 Å². The quantitative estimate of drug-likeness (QED) is 0.792. The van der Waals surface area contributed by atoms with E-state index in [-0.39, 0.29) is 12.0 Å². The number of nitrogens with zero attached hydrogens (tertiary/aromatic N) is 2. The number of aryl methyl sites for hydroxylation is 1. The van der Waals surface area contributed by atoms with E-state index in [0.717, 1.165) is 47.6 Å². The van der Waals surface area contributed by atoms with Crippen molar-refractivity contribution < 1.29 is 9.53 Å². The summed E-state index contributed by atoms with van der Waals surface area (Å²) < 4.78 is 6.88. The zero-order valence-electron chi connectivity index (χ0n) is 13.9. The van der Waals surface area contributed by atoms with Crippen molar-refractivity contribution in [1.29, 1.82) is 0 Å². The molecule has 0 radical (unpaired) electrons. The van der Waals surface area contributed by atoms with Crippen LogP contribution in [-0.2, 0) is 9.53 Å². The Balaban J connectivity index is 1.86. The molecule has 5 heteroatoms. The molecule has 0 spiro atoms. The molecule has 0 bridgehead atoms. The molecule has 3 rings (SSSR count). The molecule has 1 atom stereocenters. The summed E-state index contributed by atoms with van der Waals surface area (Å²) in [7, 11) is 0. The number of benzene rings is 1. The van der Waals surface area contributed by atoms with E-state index < -0.39 is 0 Å². The maximum absolute atomic E-state index is 12.7. The molecule has 1 fully saturated rings. The summed E-state index contributed by atoms with van der Waals surface area (Å²) in [6.07, 6.45) is 4.79. The highest BCUT2D eigenvalue weighted by Gasteiger charge is 2.25. The summed E-state index contributed by atoms with van der Waals surface area (Å²) in [5, 5.41) is 0.808. The van der Waals surface area contributed by atoms with Crippen molar-refractivity contribution in [2.24, 2.45) is 0 Å². The van der Waals surface area contributed by atoms with E-state index in [4.69, 9.17) is 9.72 Å². The highest BCUT2D eigenvalue weighted by atomic mass is 32.1. The van der Waals surface area contributed by atoms with Crippen LogP contribution in [0.25, 0.3) is 10.2 Å². The Hall–Kier alpha value is -1.46. The monoisotopic (exact) mass is 332 g/mol. The Bertz CT molecular complexity index is 677. The van der Waals surface area contributed by atoms with Gasteiger partial charge in [0.2, 0.25) is 5.91 Å². The largest absolute Gasteiger partial charge is 0.376 e. The third-order valence-corrected chi connectivity index (χ3v) is 5.26. The van der Waals surface area contributed by atoms with E-state index in [1.807, 2.05) is 11.0 Å². The number of ether oxygens (including phenoxy) is 1. The highest BCUT2D eigenvalue weighted by molar-refractivity contribution is 7.22. The van der Waals surface area contributed by atoms with E-state index in [2.05, 4.69) is 26.0 Å². The number of thiazole rings is 1. The smallest absolute Gasteiger partial charge is 0.228 e. The van der Waals surface area contributed by atoms with Gasteiger partial charge < -0.3 is 4.74 Å². The first-order valence-corrected chi connectivity index (χ1v) is 9.28. The molecule has 1 saturated heterocycles. The molecule has 124 valence electrons. The normalized spacial score (nSPS) is 17.7. The van der Waals surface area contributed by atoms with Crippen molar-refractivity contribution in [3.8, 4) is 0 Å². The van der Waals surface area contributed by atoms with Crippen LogP contribution in [0.3, 0.4) is 0 Å². The zero-order chi connectivity index (χ0) is 16.2. The van der Waals surface area contributed by atoms with Gasteiger partial charge in [-0.2, -0.15) is 0 Å². The fourth-order valence-electron chi connectivity index (χ4n) is 2.88. The van der Waals surface area contributed by atoms with E-state index in [9.17, 15) is 4.79 Å². The van der Waals surface area contributed by atoms with Gasteiger partial charge in [-0.05, 0) is 43.9 Å². The van der Waals surface area contributed by atoms with Crippen molar-refractivity contribution in [3.63, 3.8) is 0 Å². The van der Waals surface area contributed by atoms with Crippen LogP contribution < -0.4 is 4.90 Å². The molecule has 0 aliphatic carbocycles. The number of amides is 1. The van der Waals surface area contributed by atoms with Gasteiger partial charge in [-0.15, -0.1) is 0 Å². The van der Waals surface area contributed by atoms with Gasteiger partial charge in [0.15, 0.2) is 5.13 Å². The van der Waals surface area contributed by atoms with Gasteiger partial charge in [0.25, 0.3) is 0 Å². The predicted molar refractivity (Wildman–Crippen MR) is 95.2 cm³/mol. The SMILES string of the molecule is CCCCC(=O)N(CC1CCCO1)c1nc2ccc(C)cc2s1. The van der Waals surface area contributed by atoms with Crippen LogP contribution in [0.15, 0.2) is 18.2 Å². The number of hydrogen-bond donors (Lipinski definition) is 0. The van der Waals surface area contributed by atoms with Gasteiger partial charge in [-0.25, -0.2) is 4.98 Å². The topological polar surface area (TPSA) is 42.4 Å². The van der Waals surface area contributed by atoms with Gasteiger partial charge in [0.05, 0.1) is 22.9 Å². The molecule has 0 saturated carbocycles. The maximum atomic E-state index is 12.7. The fraction of sp³-hybridized carbons (Fsp3) is 0.556. The number of rotatable bonds is 6. The first-order chi connectivity index (χ1) is 11.2. The highest BCUT2D eigenvalue weighted by Crippen LogP contribution is 2.31. The number of hydrogen-bond acceptors (Lipinski definition) is 4. The first-order valence-electron chi connectivity index (χ1n) is 8.46. The molecular formula is C18H24N2O2S. The van der Waals surface area contributed by atoms with Crippen LogP contribution in [0.4, 0.5) is 5.13 Å². The number of aromatic nitrogens is 1. The summed E-state index contributed by atoms with van der Waals surface area (Å²) >= 11 is 1.60. The summed E-state index contributed by atoms with van der Waals surface area (Å²) in [6.45, 7) is 5.62. The summed E-state index contributed by atoms with van der Waals surface area (Å²) in [5.41, 5.74) is 2.19. The van der Waals surface area contributed by atoms with E-state index >= 15 is 0 Å². The Morgan fingerprint density at radius 3 is 3.09 bits per heavy atom. The molecule has 1 aliphatic heterocycles. The molecule has 1 amide bonds. The second-order valence-electron chi connectivity index (χ2n) is 6.21. The lowest BCUT2D eigenvalue weighted by Crippen LogP contribution is -2.37. The van der Waals surface area contributed by atoms with Gasteiger partial charge in [-0.3, -0.25) is 9.69 Å². The lowest BCUT2D eigenvalue weighted by atomic mass is 10.2. The molecule has 1 aliphatic rings. The molecule has 1 unspecified atom stereocenters. The number of anilines is 1. The van der Waals surface area contributed by atoms with Crippen molar-refractivity contribution in [1.82, 2.24) is 4.98 Å². The van der Waals surface area contributed by atoms with Crippen LogP contribution in [-0.4, -0.2) is 30.1 Å². The average molecular weight is 332 g/mol. The van der Waals surface area contributed by atoms with Gasteiger partial charge in [0, 0.05) is 13.0 Å². The minimum atomic E-state index is 0.148. The molecule has 2 heterocycles. The molecule has 2 aromatic rings. The minimum Gasteiger partial charge on any atom is -0.376 e. The Morgan fingerprint density at radius 1 is 1.48 bits per heavy atom. The Labute approximate surface area is 141 Å². The first kappa shape index (κ1) is 16.4. The average Bonchev–Trinajstić information content (AvgIpc) is 3.18. The summed E-state index contributed by atoms with van der Waals surface area (Å²) in [4.78, 5) is 19.2. The minimum absolute atomic E-state index is 0.148. The van der Waals surface area contributed by atoms with Gasteiger partial charge in [-0.1, -0.05) is 30.7 Å². The van der Waals surface area contributed by atoms with E-state index in [0.29, 0.717) is 13.0 Å².